The monoisotopic (exact) mass is 358 g/mol. The average Bonchev–Trinajstić information content (AvgIpc) is 2.74. The molecule has 0 heterocycles. The second-order valence-electron chi connectivity index (χ2n) is 6.95. The molecule has 3 aromatic rings. The minimum absolute atomic E-state index is 0.177. The maximum atomic E-state index is 13.0. The van der Waals surface area contributed by atoms with E-state index in [1.807, 2.05) is 84.9 Å². The van der Waals surface area contributed by atoms with Crippen LogP contribution in [0.4, 0.5) is 0 Å². The van der Waals surface area contributed by atoms with E-state index in [9.17, 15) is 9.90 Å². The van der Waals surface area contributed by atoms with Gasteiger partial charge in [-0.15, -0.1) is 0 Å². The summed E-state index contributed by atoms with van der Waals surface area (Å²) in [7, 11) is 1.42. The van der Waals surface area contributed by atoms with Gasteiger partial charge in [0.25, 0.3) is 0 Å². The number of methoxy groups -OCH3 is 1. The Morgan fingerprint density at radius 2 is 1.30 bits per heavy atom. The fraction of sp³-hybridized carbons (Fsp3) is 0.208. The lowest BCUT2D eigenvalue weighted by Gasteiger charge is -2.41. The Morgan fingerprint density at radius 1 is 0.778 bits per heavy atom. The standard InChI is InChI=1S/C24H22O3/c1-27-24(26)22-20(16-10-4-2-5-11-16)18-14-8-9-15-19(18)23(25)21(22)17-12-6-3-7-13-17/h2-15,20-23,25H,1H3/t20-,21+,22+,23+/m0/s1. The molecule has 4 atom stereocenters. The van der Waals surface area contributed by atoms with Gasteiger partial charge in [-0.3, -0.25) is 4.79 Å². The number of fused-ring (bicyclic) bond motifs is 1. The van der Waals surface area contributed by atoms with Gasteiger partial charge in [0.15, 0.2) is 0 Å². The summed E-state index contributed by atoms with van der Waals surface area (Å²) in [6.07, 6.45) is -0.771. The Morgan fingerprint density at radius 3 is 1.89 bits per heavy atom. The van der Waals surface area contributed by atoms with Crippen LogP contribution in [-0.4, -0.2) is 18.2 Å². The van der Waals surface area contributed by atoms with Gasteiger partial charge < -0.3 is 9.84 Å². The molecule has 0 saturated heterocycles. The number of carbonyl (C=O) groups excluding carboxylic acids is 1. The first-order valence-electron chi connectivity index (χ1n) is 9.17. The molecule has 1 aliphatic carbocycles. The molecule has 0 aromatic heterocycles. The number of benzene rings is 3. The molecule has 0 spiro atoms. The largest absolute Gasteiger partial charge is 0.469 e. The van der Waals surface area contributed by atoms with Crippen LogP contribution in [0, 0.1) is 5.92 Å². The molecule has 0 bridgehead atoms. The maximum absolute atomic E-state index is 13.0. The van der Waals surface area contributed by atoms with Crippen LogP contribution in [0.1, 0.15) is 40.2 Å². The minimum atomic E-state index is -0.771. The smallest absolute Gasteiger partial charge is 0.310 e. The number of esters is 1. The molecule has 4 rings (SSSR count). The van der Waals surface area contributed by atoms with Gasteiger partial charge in [0.2, 0.25) is 0 Å². The van der Waals surface area contributed by atoms with Gasteiger partial charge >= 0.3 is 5.97 Å². The molecule has 3 nitrogen and oxygen atoms in total. The first-order chi connectivity index (χ1) is 13.2. The Bertz CT molecular complexity index is 921. The fourth-order valence-electron chi connectivity index (χ4n) is 4.39. The molecular formula is C24H22O3. The van der Waals surface area contributed by atoms with Gasteiger partial charge in [-0.05, 0) is 22.3 Å². The van der Waals surface area contributed by atoms with E-state index in [0.717, 1.165) is 22.3 Å². The van der Waals surface area contributed by atoms with Crippen molar-refractivity contribution in [3.8, 4) is 0 Å². The molecular weight excluding hydrogens is 336 g/mol. The van der Waals surface area contributed by atoms with Crippen LogP contribution in [-0.2, 0) is 9.53 Å². The summed E-state index contributed by atoms with van der Waals surface area (Å²) in [5.74, 6) is -1.36. The third-order valence-corrected chi connectivity index (χ3v) is 5.55. The van der Waals surface area contributed by atoms with E-state index in [1.54, 1.807) is 0 Å². The van der Waals surface area contributed by atoms with Gasteiger partial charge in [0.1, 0.15) is 0 Å². The van der Waals surface area contributed by atoms with Crippen molar-refractivity contribution < 1.29 is 14.6 Å². The zero-order chi connectivity index (χ0) is 18.8. The van der Waals surface area contributed by atoms with Crippen molar-refractivity contribution in [2.45, 2.75) is 17.9 Å². The van der Waals surface area contributed by atoms with Crippen LogP contribution in [0.3, 0.4) is 0 Å². The minimum Gasteiger partial charge on any atom is -0.469 e. The van der Waals surface area contributed by atoms with E-state index in [2.05, 4.69) is 0 Å². The van der Waals surface area contributed by atoms with E-state index in [1.165, 1.54) is 7.11 Å². The zero-order valence-corrected chi connectivity index (χ0v) is 15.2. The van der Waals surface area contributed by atoms with Gasteiger partial charge in [-0.2, -0.15) is 0 Å². The second-order valence-corrected chi connectivity index (χ2v) is 6.95. The number of carbonyl (C=O) groups is 1. The number of hydrogen-bond donors (Lipinski definition) is 1. The lowest BCUT2D eigenvalue weighted by Crippen LogP contribution is -2.38. The van der Waals surface area contributed by atoms with Crippen LogP contribution in [0.5, 0.6) is 0 Å². The number of aliphatic hydroxyl groups is 1. The first kappa shape index (κ1) is 17.5. The van der Waals surface area contributed by atoms with Crippen LogP contribution in [0.2, 0.25) is 0 Å². The van der Waals surface area contributed by atoms with E-state index in [4.69, 9.17) is 4.74 Å². The lowest BCUT2D eigenvalue weighted by atomic mass is 9.63. The van der Waals surface area contributed by atoms with Crippen molar-refractivity contribution in [3.63, 3.8) is 0 Å². The zero-order valence-electron chi connectivity index (χ0n) is 15.2. The third-order valence-electron chi connectivity index (χ3n) is 5.55. The molecule has 0 fully saturated rings. The topological polar surface area (TPSA) is 46.5 Å². The molecule has 0 radical (unpaired) electrons. The Balaban J connectivity index is 1.96. The fourth-order valence-corrected chi connectivity index (χ4v) is 4.39. The first-order valence-corrected chi connectivity index (χ1v) is 9.17. The van der Waals surface area contributed by atoms with Crippen molar-refractivity contribution in [2.24, 2.45) is 5.92 Å². The highest BCUT2D eigenvalue weighted by atomic mass is 16.5. The Kier molecular flexibility index (Phi) is 4.78. The molecule has 1 aliphatic rings. The van der Waals surface area contributed by atoms with Gasteiger partial charge in [-0.25, -0.2) is 0 Å². The Labute approximate surface area is 159 Å². The summed E-state index contributed by atoms with van der Waals surface area (Å²) >= 11 is 0. The van der Waals surface area contributed by atoms with Crippen molar-refractivity contribution in [1.29, 1.82) is 0 Å². The lowest BCUT2D eigenvalue weighted by molar-refractivity contribution is -0.148. The predicted molar refractivity (Wildman–Crippen MR) is 104 cm³/mol. The van der Waals surface area contributed by atoms with Gasteiger partial charge in [-0.1, -0.05) is 84.9 Å². The van der Waals surface area contributed by atoms with Crippen molar-refractivity contribution in [2.75, 3.05) is 7.11 Å². The molecule has 3 heteroatoms. The number of hydrogen-bond acceptors (Lipinski definition) is 3. The van der Waals surface area contributed by atoms with Crippen molar-refractivity contribution in [3.05, 3.63) is 107 Å². The van der Waals surface area contributed by atoms with Crippen molar-refractivity contribution in [1.82, 2.24) is 0 Å². The quantitative estimate of drug-likeness (QED) is 0.704. The Hall–Kier alpha value is -2.91. The second kappa shape index (κ2) is 7.37. The molecule has 136 valence electrons. The number of rotatable bonds is 3. The molecule has 27 heavy (non-hydrogen) atoms. The normalized spacial score (nSPS) is 24.1. The van der Waals surface area contributed by atoms with Crippen molar-refractivity contribution >= 4 is 5.97 Å². The molecule has 3 aromatic carbocycles. The predicted octanol–water partition coefficient (Wildman–Crippen LogP) is 4.44. The van der Waals surface area contributed by atoms with Crippen LogP contribution in [0.25, 0.3) is 0 Å². The highest BCUT2D eigenvalue weighted by Crippen LogP contribution is 2.52. The number of aliphatic hydroxyl groups excluding tert-OH is 1. The van der Waals surface area contributed by atoms with Crippen LogP contribution in [0.15, 0.2) is 84.9 Å². The summed E-state index contributed by atoms with van der Waals surface area (Å²) in [6.45, 7) is 0. The van der Waals surface area contributed by atoms with E-state index >= 15 is 0 Å². The van der Waals surface area contributed by atoms with Crippen LogP contribution >= 0.6 is 0 Å². The van der Waals surface area contributed by atoms with Gasteiger partial charge in [0, 0.05) is 11.8 Å². The molecule has 0 saturated carbocycles. The van der Waals surface area contributed by atoms with Gasteiger partial charge in [0.05, 0.1) is 19.1 Å². The van der Waals surface area contributed by atoms with E-state index < -0.39 is 12.0 Å². The summed E-state index contributed by atoms with van der Waals surface area (Å²) in [6, 6.07) is 27.6. The van der Waals surface area contributed by atoms with Crippen LogP contribution < -0.4 is 0 Å². The summed E-state index contributed by atoms with van der Waals surface area (Å²) < 4.78 is 5.21. The van der Waals surface area contributed by atoms with E-state index in [-0.39, 0.29) is 17.8 Å². The summed E-state index contributed by atoms with van der Waals surface area (Å²) in [5, 5.41) is 11.2. The molecule has 0 aliphatic heterocycles. The third kappa shape index (κ3) is 3.04. The molecule has 0 unspecified atom stereocenters. The highest BCUT2D eigenvalue weighted by Gasteiger charge is 2.47. The summed E-state index contributed by atoms with van der Waals surface area (Å²) in [5.41, 5.74) is 3.85. The molecule has 1 N–H and O–H groups in total. The average molecular weight is 358 g/mol. The maximum Gasteiger partial charge on any atom is 0.310 e. The highest BCUT2D eigenvalue weighted by molar-refractivity contribution is 5.77. The molecule has 0 amide bonds. The SMILES string of the molecule is COC(=O)[C@@H]1[C@@H](c2ccccc2)c2ccccc2[C@@H](O)[C@@H]1c1ccccc1. The van der Waals surface area contributed by atoms with E-state index in [0.29, 0.717) is 0 Å². The summed E-state index contributed by atoms with van der Waals surface area (Å²) in [4.78, 5) is 13.0. The number of ether oxygens (including phenoxy) is 1.